The number of furan rings is 1. The van der Waals surface area contributed by atoms with E-state index in [1.165, 1.54) is 30.2 Å². The molecule has 1 N–H and O–H groups in total. The molecule has 1 aromatic carbocycles. The quantitative estimate of drug-likeness (QED) is 0.828. The van der Waals surface area contributed by atoms with Gasteiger partial charge < -0.3 is 14.3 Å². The summed E-state index contributed by atoms with van der Waals surface area (Å²) in [7, 11) is 0. The molecular formula is C19H17NO6. The lowest BCUT2D eigenvalue weighted by Crippen LogP contribution is -2.30. The second-order valence-electron chi connectivity index (χ2n) is 5.68. The normalized spacial score (nSPS) is 16.9. The Morgan fingerprint density at radius 2 is 1.92 bits per heavy atom. The lowest BCUT2D eigenvalue weighted by atomic mass is 10.0. The van der Waals surface area contributed by atoms with E-state index in [0.717, 1.165) is 0 Å². The van der Waals surface area contributed by atoms with Crippen molar-refractivity contribution in [2.45, 2.75) is 19.9 Å². The number of ether oxygens (including phenoxy) is 1. The van der Waals surface area contributed by atoms with Crippen LogP contribution in [-0.4, -0.2) is 29.4 Å². The van der Waals surface area contributed by atoms with Gasteiger partial charge in [-0.3, -0.25) is 14.5 Å². The van der Waals surface area contributed by atoms with E-state index >= 15 is 0 Å². The van der Waals surface area contributed by atoms with Crippen molar-refractivity contribution in [3.8, 4) is 0 Å². The first kappa shape index (κ1) is 17.5. The lowest BCUT2D eigenvalue weighted by molar-refractivity contribution is -0.117. The molecule has 1 aromatic heterocycles. The SMILES string of the molecule is CCOC(=O)c1ccc(N2C(=O)C(O)=C(C(C)=O)C2c2ccco2)cc1. The zero-order valence-corrected chi connectivity index (χ0v) is 14.3. The van der Waals surface area contributed by atoms with Gasteiger partial charge in [-0.05, 0) is 50.2 Å². The number of ketones is 1. The molecule has 0 saturated carbocycles. The Bertz CT molecular complexity index is 879. The molecule has 1 aliphatic heterocycles. The van der Waals surface area contributed by atoms with Gasteiger partial charge in [-0.25, -0.2) is 4.79 Å². The van der Waals surface area contributed by atoms with Crippen molar-refractivity contribution >= 4 is 23.3 Å². The molecular weight excluding hydrogens is 338 g/mol. The topological polar surface area (TPSA) is 97.0 Å². The predicted octanol–water partition coefficient (Wildman–Crippen LogP) is 2.95. The fourth-order valence-electron chi connectivity index (χ4n) is 2.92. The van der Waals surface area contributed by atoms with Crippen molar-refractivity contribution in [2.75, 3.05) is 11.5 Å². The third kappa shape index (κ3) is 2.88. The third-order valence-corrected chi connectivity index (χ3v) is 4.06. The van der Waals surface area contributed by atoms with Gasteiger partial charge in [-0.15, -0.1) is 0 Å². The molecule has 7 nitrogen and oxygen atoms in total. The van der Waals surface area contributed by atoms with Gasteiger partial charge >= 0.3 is 5.97 Å². The van der Waals surface area contributed by atoms with Crippen molar-refractivity contribution in [3.63, 3.8) is 0 Å². The van der Waals surface area contributed by atoms with Crippen molar-refractivity contribution in [3.05, 3.63) is 65.3 Å². The summed E-state index contributed by atoms with van der Waals surface area (Å²) in [6.07, 6.45) is 1.43. The lowest BCUT2D eigenvalue weighted by Gasteiger charge is -2.24. The number of hydrogen-bond acceptors (Lipinski definition) is 6. The van der Waals surface area contributed by atoms with Crippen LogP contribution in [0.1, 0.15) is 36.0 Å². The summed E-state index contributed by atoms with van der Waals surface area (Å²) in [5.74, 6) is -1.86. The summed E-state index contributed by atoms with van der Waals surface area (Å²) >= 11 is 0. The van der Waals surface area contributed by atoms with Crippen LogP contribution in [0.4, 0.5) is 5.69 Å². The standard InChI is InChI=1S/C19H17NO6/c1-3-25-19(24)12-6-8-13(9-7-12)20-16(14-5-4-10-26-14)15(11(2)21)17(22)18(20)23/h4-10,16,22H,3H2,1-2H3. The van der Waals surface area contributed by atoms with Gasteiger partial charge in [0.1, 0.15) is 11.8 Å². The summed E-state index contributed by atoms with van der Waals surface area (Å²) in [6.45, 7) is 3.24. The molecule has 2 aromatic rings. The average Bonchev–Trinajstić information content (AvgIpc) is 3.23. The first-order valence-corrected chi connectivity index (χ1v) is 8.04. The van der Waals surface area contributed by atoms with Gasteiger partial charge in [0.15, 0.2) is 11.5 Å². The number of esters is 1. The number of carbonyl (C=O) groups is 3. The number of amides is 1. The molecule has 1 aliphatic rings. The highest BCUT2D eigenvalue weighted by molar-refractivity contribution is 6.16. The second kappa shape index (κ2) is 6.87. The monoisotopic (exact) mass is 355 g/mol. The molecule has 0 bridgehead atoms. The van der Waals surface area contributed by atoms with Crippen LogP contribution in [0.15, 0.2) is 58.4 Å². The Hall–Kier alpha value is -3.35. The van der Waals surface area contributed by atoms with Gasteiger partial charge in [-0.1, -0.05) is 0 Å². The molecule has 1 atom stereocenters. The number of aliphatic hydroxyl groups is 1. The zero-order chi connectivity index (χ0) is 18.8. The van der Waals surface area contributed by atoms with Crippen LogP contribution in [0.3, 0.4) is 0 Å². The number of aliphatic hydroxyl groups excluding tert-OH is 1. The van der Waals surface area contributed by atoms with Crippen LogP contribution in [0.2, 0.25) is 0 Å². The highest BCUT2D eigenvalue weighted by Gasteiger charge is 2.44. The van der Waals surface area contributed by atoms with Crippen molar-refractivity contribution in [1.29, 1.82) is 0 Å². The Kier molecular flexibility index (Phi) is 4.62. The van der Waals surface area contributed by atoms with Gasteiger partial charge in [0.25, 0.3) is 5.91 Å². The molecule has 3 rings (SSSR count). The minimum absolute atomic E-state index is 0.0283. The number of rotatable bonds is 5. The molecule has 0 radical (unpaired) electrons. The maximum absolute atomic E-state index is 12.6. The minimum Gasteiger partial charge on any atom is -0.503 e. The third-order valence-electron chi connectivity index (χ3n) is 4.06. The van der Waals surface area contributed by atoms with E-state index in [1.54, 1.807) is 31.2 Å². The maximum Gasteiger partial charge on any atom is 0.338 e. The molecule has 0 aliphatic carbocycles. The molecule has 26 heavy (non-hydrogen) atoms. The van der Waals surface area contributed by atoms with Crippen molar-refractivity contribution < 1.29 is 28.6 Å². The van der Waals surface area contributed by atoms with Crippen molar-refractivity contribution in [2.24, 2.45) is 0 Å². The van der Waals surface area contributed by atoms with Crippen LogP contribution in [-0.2, 0) is 14.3 Å². The molecule has 0 spiro atoms. The molecule has 0 saturated heterocycles. The predicted molar refractivity (Wildman–Crippen MR) is 91.7 cm³/mol. The number of hydrogen-bond donors (Lipinski definition) is 1. The highest BCUT2D eigenvalue weighted by Crippen LogP contribution is 2.40. The van der Waals surface area contributed by atoms with Gasteiger partial charge in [0.2, 0.25) is 0 Å². The molecule has 134 valence electrons. The number of nitrogens with zero attached hydrogens (tertiary/aromatic N) is 1. The largest absolute Gasteiger partial charge is 0.503 e. The fourth-order valence-corrected chi connectivity index (χ4v) is 2.92. The zero-order valence-electron chi connectivity index (χ0n) is 14.3. The highest BCUT2D eigenvalue weighted by atomic mass is 16.5. The number of benzene rings is 1. The van der Waals surface area contributed by atoms with E-state index in [0.29, 0.717) is 17.0 Å². The first-order chi connectivity index (χ1) is 12.5. The summed E-state index contributed by atoms with van der Waals surface area (Å²) in [4.78, 5) is 37.6. The molecule has 1 unspecified atom stereocenters. The van der Waals surface area contributed by atoms with E-state index in [2.05, 4.69) is 0 Å². The van der Waals surface area contributed by atoms with E-state index in [9.17, 15) is 19.5 Å². The van der Waals surface area contributed by atoms with Crippen LogP contribution in [0, 0.1) is 0 Å². The fraction of sp³-hybridized carbons (Fsp3) is 0.211. The summed E-state index contributed by atoms with van der Waals surface area (Å²) < 4.78 is 10.3. The molecule has 0 fully saturated rings. The molecule has 1 amide bonds. The van der Waals surface area contributed by atoms with Crippen LogP contribution < -0.4 is 4.90 Å². The summed E-state index contributed by atoms with van der Waals surface area (Å²) in [5, 5.41) is 10.2. The maximum atomic E-state index is 12.6. The van der Waals surface area contributed by atoms with Gasteiger partial charge in [-0.2, -0.15) is 0 Å². The van der Waals surface area contributed by atoms with Crippen LogP contribution in [0.5, 0.6) is 0 Å². The van der Waals surface area contributed by atoms with E-state index in [1.807, 2.05) is 0 Å². The first-order valence-electron chi connectivity index (χ1n) is 8.04. The molecule has 2 heterocycles. The Labute approximate surface area is 149 Å². The summed E-state index contributed by atoms with van der Waals surface area (Å²) in [5.41, 5.74) is 0.715. The van der Waals surface area contributed by atoms with E-state index in [4.69, 9.17) is 9.15 Å². The summed E-state index contributed by atoms with van der Waals surface area (Å²) in [6, 6.07) is 8.52. The van der Waals surface area contributed by atoms with Gasteiger partial charge in [0.05, 0.1) is 24.0 Å². The minimum atomic E-state index is -0.872. The average molecular weight is 355 g/mol. The second-order valence-corrected chi connectivity index (χ2v) is 5.68. The smallest absolute Gasteiger partial charge is 0.338 e. The Balaban J connectivity index is 2.02. The molecule has 7 heteroatoms. The van der Waals surface area contributed by atoms with E-state index in [-0.39, 0.29) is 12.2 Å². The van der Waals surface area contributed by atoms with Crippen molar-refractivity contribution in [1.82, 2.24) is 0 Å². The number of carbonyl (C=O) groups excluding carboxylic acids is 3. The van der Waals surface area contributed by atoms with Crippen LogP contribution in [0.25, 0.3) is 0 Å². The Morgan fingerprint density at radius 1 is 1.23 bits per heavy atom. The van der Waals surface area contributed by atoms with E-state index < -0.39 is 29.5 Å². The number of anilines is 1. The van der Waals surface area contributed by atoms with Crippen LogP contribution >= 0.6 is 0 Å². The Morgan fingerprint density at radius 3 is 2.46 bits per heavy atom. The number of Topliss-reactive ketones (excluding diaryl/α,β-unsaturated/α-hetero) is 1. The van der Waals surface area contributed by atoms with Gasteiger partial charge in [0, 0.05) is 5.69 Å².